The van der Waals surface area contributed by atoms with Crippen molar-refractivity contribution in [1.29, 1.82) is 0 Å². The second kappa shape index (κ2) is 8.54. The molecule has 0 aliphatic rings. The maximum atomic E-state index is 12.7. The van der Waals surface area contributed by atoms with E-state index in [0.717, 1.165) is 26.7 Å². The first-order chi connectivity index (χ1) is 14.4. The summed E-state index contributed by atoms with van der Waals surface area (Å²) < 4.78 is 3.15. The molecule has 3 aromatic heterocycles. The van der Waals surface area contributed by atoms with Crippen molar-refractivity contribution < 1.29 is 9.72 Å². The number of nitrogens with zero attached hydrogens (tertiary/aromatic N) is 4. The van der Waals surface area contributed by atoms with Crippen molar-refractivity contribution in [2.45, 2.75) is 17.7 Å². The summed E-state index contributed by atoms with van der Waals surface area (Å²) in [6.45, 7) is 1.51. The predicted octanol–water partition coefficient (Wildman–Crippen LogP) is 4.90. The number of nitrogens with one attached hydrogen (secondary N) is 1. The number of carbonyl (C=O) groups excluding carboxylic acids is 1. The van der Waals surface area contributed by atoms with Gasteiger partial charge in [-0.1, -0.05) is 11.8 Å². The second-order valence-corrected chi connectivity index (χ2v) is 9.66. The van der Waals surface area contributed by atoms with Crippen LogP contribution in [0.2, 0.25) is 0 Å². The molecule has 30 heavy (non-hydrogen) atoms. The molecule has 1 amide bonds. The summed E-state index contributed by atoms with van der Waals surface area (Å²) in [5.41, 5.74) is 2.59. The Hall–Kier alpha value is -2.76. The fourth-order valence-electron chi connectivity index (χ4n) is 3.04. The van der Waals surface area contributed by atoms with Crippen LogP contribution in [0.5, 0.6) is 0 Å². The van der Waals surface area contributed by atoms with Crippen LogP contribution in [0.15, 0.2) is 39.4 Å². The van der Waals surface area contributed by atoms with E-state index in [1.807, 2.05) is 12.1 Å². The summed E-state index contributed by atoms with van der Waals surface area (Å²) in [7, 11) is 1.51. The van der Waals surface area contributed by atoms with Crippen LogP contribution < -0.4 is 5.32 Å². The van der Waals surface area contributed by atoms with Gasteiger partial charge in [0, 0.05) is 18.5 Å². The molecule has 0 aliphatic carbocycles. The molecule has 4 rings (SSSR count). The number of thiazole rings is 1. The van der Waals surface area contributed by atoms with Crippen molar-refractivity contribution in [1.82, 2.24) is 14.8 Å². The largest absolute Gasteiger partial charge is 0.322 e. The number of amides is 1. The molecular formula is C19H17N5O3S3. The number of aryl methyl sites for hydroxylation is 3. The molecule has 0 unspecified atom stereocenters. The van der Waals surface area contributed by atoms with Gasteiger partial charge in [0.05, 0.1) is 15.1 Å². The second-order valence-electron chi connectivity index (χ2n) is 6.51. The van der Waals surface area contributed by atoms with Crippen LogP contribution in [-0.2, 0) is 13.5 Å². The Labute approximate surface area is 184 Å². The average molecular weight is 460 g/mol. The van der Waals surface area contributed by atoms with Gasteiger partial charge in [-0.05, 0) is 53.9 Å². The number of aromatic nitrogens is 3. The first kappa shape index (κ1) is 20.5. The van der Waals surface area contributed by atoms with Gasteiger partial charge in [0.2, 0.25) is 5.69 Å². The zero-order valence-electron chi connectivity index (χ0n) is 16.1. The maximum absolute atomic E-state index is 12.7. The standard InChI is InChI=1S/C19H17N5O3S3/c1-11-16(24(26)27)17(23(2)22-11)18(25)20-13-3-4-14-15(9-13)30-19(21-14)29-8-6-12-5-7-28-10-12/h3-5,7,9-10H,6,8H2,1-2H3,(H,20,25). The number of benzene rings is 1. The molecule has 11 heteroatoms. The number of fused-ring (bicyclic) bond motifs is 1. The number of rotatable bonds is 7. The lowest BCUT2D eigenvalue weighted by molar-refractivity contribution is -0.385. The van der Waals surface area contributed by atoms with Crippen LogP contribution in [0.25, 0.3) is 10.2 Å². The van der Waals surface area contributed by atoms with Crippen molar-refractivity contribution >= 4 is 61.9 Å². The highest BCUT2D eigenvalue weighted by molar-refractivity contribution is 8.01. The quantitative estimate of drug-likeness (QED) is 0.240. The molecule has 154 valence electrons. The third kappa shape index (κ3) is 4.23. The number of nitro groups is 1. The number of hydrogen-bond acceptors (Lipinski definition) is 8. The molecule has 0 atom stereocenters. The minimum Gasteiger partial charge on any atom is -0.320 e. The molecule has 0 saturated heterocycles. The molecule has 4 aromatic rings. The highest BCUT2D eigenvalue weighted by Crippen LogP contribution is 2.32. The Morgan fingerprint density at radius 3 is 2.93 bits per heavy atom. The lowest BCUT2D eigenvalue weighted by atomic mass is 10.2. The molecule has 0 fully saturated rings. The predicted molar refractivity (Wildman–Crippen MR) is 121 cm³/mol. The Bertz CT molecular complexity index is 1230. The maximum Gasteiger partial charge on any atom is 0.322 e. The summed E-state index contributed by atoms with van der Waals surface area (Å²) in [5, 5.41) is 22.3. The minimum atomic E-state index is -0.580. The summed E-state index contributed by atoms with van der Waals surface area (Å²) in [5.74, 6) is 0.378. The van der Waals surface area contributed by atoms with Gasteiger partial charge in [0.25, 0.3) is 5.91 Å². The topological polar surface area (TPSA) is 103 Å². The third-order valence-electron chi connectivity index (χ3n) is 4.41. The molecule has 1 aromatic carbocycles. The van der Waals surface area contributed by atoms with E-state index in [2.05, 4.69) is 32.2 Å². The van der Waals surface area contributed by atoms with Gasteiger partial charge in [-0.3, -0.25) is 19.6 Å². The van der Waals surface area contributed by atoms with E-state index in [4.69, 9.17) is 0 Å². The molecule has 3 heterocycles. The van der Waals surface area contributed by atoms with Crippen LogP contribution in [0.3, 0.4) is 0 Å². The molecule has 0 radical (unpaired) electrons. The SMILES string of the molecule is Cc1nn(C)c(C(=O)Nc2ccc3nc(SCCc4ccsc4)sc3c2)c1[N+](=O)[O-]. The van der Waals surface area contributed by atoms with Crippen LogP contribution >= 0.6 is 34.4 Å². The molecule has 0 spiro atoms. The number of carbonyl (C=O) groups is 1. The smallest absolute Gasteiger partial charge is 0.320 e. The minimum absolute atomic E-state index is 0.0772. The summed E-state index contributed by atoms with van der Waals surface area (Å²) in [6.07, 6.45) is 0.994. The first-order valence-electron chi connectivity index (χ1n) is 8.96. The molecule has 0 aliphatic heterocycles. The zero-order valence-corrected chi connectivity index (χ0v) is 18.6. The fraction of sp³-hybridized carbons (Fsp3) is 0.211. The molecule has 8 nitrogen and oxygen atoms in total. The number of thioether (sulfide) groups is 1. The lowest BCUT2D eigenvalue weighted by Gasteiger charge is -2.05. The van der Waals surface area contributed by atoms with Crippen molar-refractivity contribution in [3.8, 4) is 0 Å². The van der Waals surface area contributed by atoms with Gasteiger partial charge in [0.15, 0.2) is 4.34 Å². The van der Waals surface area contributed by atoms with Gasteiger partial charge < -0.3 is 5.32 Å². The van der Waals surface area contributed by atoms with E-state index in [1.54, 1.807) is 40.5 Å². The Morgan fingerprint density at radius 2 is 2.20 bits per heavy atom. The van der Waals surface area contributed by atoms with E-state index >= 15 is 0 Å². The first-order valence-corrected chi connectivity index (χ1v) is 11.7. The van der Waals surface area contributed by atoms with Crippen LogP contribution in [0.4, 0.5) is 11.4 Å². The monoisotopic (exact) mass is 459 g/mol. The third-order valence-corrected chi connectivity index (χ3v) is 7.31. The van der Waals surface area contributed by atoms with Crippen LogP contribution in [0.1, 0.15) is 21.7 Å². The van der Waals surface area contributed by atoms with E-state index in [-0.39, 0.29) is 17.1 Å². The van der Waals surface area contributed by atoms with Crippen LogP contribution in [-0.4, -0.2) is 31.3 Å². The van der Waals surface area contributed by atoms with E-state index < -0.39 is 10.8 Å². The summed E-state index contributed by atoms with van der Waals surface area (Å²) in [6, 6.07) is 7.55. The normalized spacial score (nSPS) is 11.1. The van der Waals surface area contributed by atoms with Crippen molar-refractivity contribution in [2.75, 3.05) is 11.1 Å². The molecule has 1 N–H and O–H groups in total. The van der Waals surface area contributed by atoms with Crippen molar-refractivity contribution in [3.63, 3.8) is 0 Å². The van der Waals surface area contributed by atoms with E-state index in [9.17, 15) is 14.9 Å². The van der Waals surface area contributed by atoms with Gasteiger partial charge in [-0.15, -0.1) is 11.3 Å². The van der Waals surface area contributed by atoms with Gasteiger partial charge in [-0.2, -0.15) is 16.4 Å². The van der Waals surface area contributed by atoms with E-state index in [0.29, 0.717) is 5.69 Å². The van der Waals surface area contributed by atoms with Crippen LogP contribution in [0, 0.1) is 17.0 Å². The van der Waals surface area contributed by atoms with Gasteiger partial charge in [-0.25, -0.2) is 4.98 Å². The lowest BCUT2D eigenvalue weighted by Crippen LogP contribution is -2.17. The molecular weight excluding hydrogens is 442 g/mol. The Kier molecular flexibility index (Phi) is 5.84. The van der Waals surface area contributed by atoms with Crippen molar-refractivity contribution in [3.05, 3.63) is 62.1 Å². The Morgan fingerprint density at radius 1 is 1.37 bits per heavy atom. The number of hydrogen-bond donors (Lipinski definition) is 1. The average Bonchev–Trinajstić information content (AvgIpc) is 3.40. The Balaban J connectivity index is 1.49. The molecule has 0 saturated carbocycles. The number of anilines is 1. The highest BCUT2D eigenvalue weighted by Gasteiger charge is 2.29. The molecule has 0 bridgehead atoms. The highest BCUT2D eigenvalue weighted by atomic mass is 32.2. The summed E-state index contributed by atoms with van der Waals surface area (Å²) >= 11 is 4.97. The van der Waals surface area contributed by atoms with Crippen molar-refractivity contribution in [2.24, 2.45) is 7.05 Å². The summed E-state index contributed by atoms with van der Waals surface area (Å²) in [4.78, 5) is 28.0. The van der Waals surface area contributed by atoms with Gasteiger partial charge >= 0.3 is 5.69 Å². The number of thiophene rings is 1. The fourth-order valence-corrected chi connectivity index (χ4v) is 5.91. The van der Waals surface area contributed by atoms with E-state index in [1.165, 1.54) is 24.2 Å². The van der Waals surface area contributed by atoms with Gasteiger partial charge in [0.1, 0.15) is 5.69 Å². The zero-order chi connectivity index (χ0) is 21.3.